The van der Waals surface area contributed by atoms with Crippen molar-refractivity contribution in [2.24, 2.45) is 17.2 Å². The number of ether oxygens (including phenoxy) is 1. The van der Waals surface area contributed by atoms with Gasteiger partial charge in [-0.15, -0.1) is 0 Å². The number of carbonyl (C=O) groups is 3. The van der Waals surface area contributed by atoms with E-state index in [1.807, 2.05) is 0 Å². The number of aryl methyl sites for hydroxylation is 1. The lowest BCUT2D eigenvalue weighted by atomic mass is 10.1. The van der Waals surface area contributed by atoms with Crippen molar-refractivity contribution in [1.29, 1.82) is 0 Å². The summed E-state index contributed by atoms with van der Waals surface area (Å²) in [5.41, 5.74) is 16.6. The van der Waals surface area contributed by atoms with Gasteiger partial charge in [0.1, 0.15) is 23.0 Å². The van der Waals surface area contributed by atoms with Crippen LogP contribution in [0.1, 0.15) is 58.9 Å². The van der Waals surface area contributed by atoms with Gasteiger partial charge in [0.25, 0.3) is 0 Å². The van der Waals surface area contributed by atoms with Crippen molar-refractivity contribution in [2.45, 2.75) is 40.6 Å². The molecule has 0 aliphatic carbocycles. The maximum absolute atomic E-state index is 11.8. The summed E-state index contributed by atoms with van der Waals surface area (Å²) < 4.78 is -0.682. The predicted molar refractivity (Wildman–Crippen MR) is 231 cm³/mol. The monoisotopic (exact) mass is 963 g/mol. The van der Waals surface area contributed by atoms with E-state index in [1.54, 1.807) is 13.0 Å². The van der Waals surface area contributed by atoms with Gasteiger partial charge in [0.2, 0.25) is 11.4 Å². The van der Waals surface area contributed by atoms with Gasteiger partial charge in [-0.25, -0.2) is 0 Å². The summed E-state index contributed by atoms with van der Waals surface area (Å²) in [4.78, 5) is 35.3. The highest BCUT2D eigenvalue weighted by molar-refractivity contribution is 6.70. The van der Waals surface area contributed by atoms with E-state index >= 15 is 0 Å². The van der Waals surface area contributed by atoms with Crippen LogP contribution in [0.3, 0.4) is 0 Å². The van der Waals surface area contributed by atoms with Gasteiger partial charge in [-0.2, -0.15) is 0 Å². The van der Waals surface area contributed by atoms with Crippen LogP contribution in [0.4, 0.5) is 0 Å². The number of hydrogen-bond donors (Lipinski definition) is 6. The summed E-state index contributed by atoms with van der Waals surface area (Å²) >= 11 is 55.2. The molecule has 0 radical (unpaired) electrons. The summed E-state index contributed by atoms with van der Waals surface area (Å²) in [5.74, 6) is -1.89. The minimum atomic E-state index is -1.87. The van der Waals surface area contributed by atoms with E-state index in [9.17, 15) is 29.7 Å². The van der Waals surface area contributed by atoms with E-state index in [2.05, 4.69) is 0 Å². The molecular formula is C35H39Cl10N3O7. The molecule has 3 aromatic carbocycles. The maximum Gasteiger partial charge on any atom is 0.230 e. The third-order valence-corrected chi connectivity index (χ3v) is 8.15. The highest BCUT2D eigenvalue weighted by Gasteiger charge is 2.27. The normalized spacial score (nSPS) is 11.8. The largest absolute Gasteiger partial charge is 0.507 e. The van der Waals surface area contributed by atoms with E-state index < -0.39 is 28.7 Å². The topological polar surface area (TPSA) is 199 Å². The minimum absolute atomic E-state index is 0. The number of aromatic hydroxyl groups is 3. The molecule has 0 unspecified atom stereocenters. The Kier molecular flexibility index (Phi) is 25.0. The first kappa shape index (κ1) is 56.7. The zero-order chi connectivity index (χ0) is 40.4. The van der Waals surface area contributed by atoms with Crippen LogP contribution in [-0.4, -0.2) is 51.2 Å². The molecule has 0 atom stereocenters. The molecule has 0 fully saturated rings. The molecule has 10 nitrogen and oxygen atoms in total. The number of alkyl halides is 9. The SMILES string of the molecule is C.C.C.COc1ccc(C(=O)/C=C(\N)C(Cl)(Cl)Cl)c(O)c1.Cc1ccc(O)c(C(=O)/C=C(\N)C(Cl)(Cl)Cl)c1.N/C(=C\C(=O)c1cc(Cl)ccc1O)C(Cl)(Cl)Cl. The number of rotatable bonds is 7. The van der Waals surface area contributed by atoms with E-state index in [-0.39, 0.29) is 73.3 Å². The van der Waals surface area contributed by atoms with Crippen molar-refractivity contribution < 1.29 is 34.4 Å². The lowest BCUT2D eigenvalue weighted by Gasteiger charge is -2.10. The van der Waals surface area contributed by atoms with Gasteiger partial charge in [-0.1, -0.05) is 150 Å². The zero-order valence-electron chi connectivity index (χ0n) is 26.4. The fourth-order valence-corrected chi connectivity index (χ4v) is 3.97. The second-order valence-corrected chi connectivity index (χ2v) is 17.2. The molecular weight excluding hydrogens is 929 g/mol. The first-order chi connectivity index (χ1) is 23.7. The Morgan fingerprint density at radius 2 is 0.927 bits per heavy atom. The smallest absolute Gasteiger partial charge is 0.230 e. The molecule has 0 heterocycles. The molecule has 0 aromatic heterocycles. The summed E-state index contributed by atoms with van der Waals surface area (Å²) in [5, 5.41) is 28.9. The quantitative estimate of drug-likeness (QED) is 0.0752. The first-order valence-corrected chi connectivity index (χ1v) is 17.4. The number of methoxy groups -OCH3 is 1. The Hall–Kier alpha value is -2.61. The van der Waals surface area contributed by atoms with E-state index in [0.717, 1.165) is 23.8 Å². The van der Waals surface area contributed by atoms with Crippen molar-refractivity contribution in [2.75, 3.05) is 7.11 Å². The van der Waals surface area contributed by atoms with Gasteiger partial charge in [-0.3, -0.25) is 14.4 Å². The highest BCUT2D eigenvalue weighted by atomic mass is 35.6. The third-order valence-electron chi connectivity index (χ3n) is 5.95. The second-order valence-electron chi connectivity index (χ2n) is 9.95. The van der Waals surface area contributed by atoms with E-state index in [1.165, 1.54) is 55.6 Å². The summed E-state index contributed by atoms with van der Waals surface area (Å²) in [7, 11) is 1.44. The average molecular weight is 968 g/mol. The fraction of sp³-hybridized carbons (Fsp3) is 0.229. The minimum Gasteiger partial charge on any atom is -0.507 e. The molecule has 55 heavy (non-hydrogen) atoms. The zero-order valence-corrected chi connectivity index (χ0v) is 34.0. The molecule has 0 saturated carbocycles. The van der Waals surface area contributed by atoms with Crippen LogP contribution < -0.4 is 21.9 Å². The number of carbonyl (C=O) groups excluding carboxylic acids is 3. The number of benzene rings is 3. The lowest BCUT2D eigenvalue weighted by molar-refractivity contribution is 0.103. The molecule has 20 heteroatoms. The van der Waals surface area contributed by atoms with Crippen molar-refractivity contribution >= 4 is 133 Å². The number of allylic oxidation sites excluding steroid dienone is 6. The number of phenolic OH excluding ortho intramolecular Hbond substituents is 3. The van der Waals surface area contributed by atoms with Gasteiger partial charge >= 0.3 is 0 Å². The summed E-state index contributed by atoms with van der Waals surface area (Å²) in [6.07, 6.45) is 2.87. The highest BCUT2D eigenvalue weighted by Crippen LogP contribution is 2.34. The standard InChI is InChI=1S/C11H10Cl3NO3.C11H10Cl3NO2.C10H7Cl4NO2.3CH4/c1-18-6-2-3-7(8(16)4-6)9(17)5-10(15)11(12,13)14;1-6-2-3-8(16)7(4-6)9(17)5-10(15)11(12,13)14;11-5-1-2-7(16)6(3-5)8(17)4-9(15)10(12,13)14;;;/h2-5,16H,15H2,1H3;2-5,16H,15H2,1H3;1-4,16H,15H2;3*1H4/b2*10-5-;9-4-;;;. The van der Waals surface area contributed by atoms with Gasteiger partial charge in [-0.05, 0) is 49.4 Å². The summed E-state index contributed by atoms with van der Waals surface area (Å²) in [6.45, 7) is 1.79. The molecule has 9 N–H and O–H groups in total. The third kappa shape index (κ3) is 19.4. The molecule has 0 spiro atoms. The maximum atomic E-state index is 11.8. The number of halogens is 10. The van der Waals surface area contributed by atoms with Crippen molar-refractivity contribution in [3.05, 3.63) is 117 Å². The van der Waals surface area contributed by atoms with Crippen LogP contribution in [0.2, 0.25) is 5.02 Å². The molecule has 0 aliphatic heterocycles. The molecule has 0 amide bonds. The lowest BCUT2D eigenvalue weighted by Crippen LogP contribution is -2.17. The van der Waals surface area contributed by atoms with Gasteiger partial charge in [0, 0.05) is 29.3 Å². The Bertz CT molecular complexity index is 1790. The van der Waals surface area contributed by atoms with Crippen molar-refractivity contribution in [3.63, 3.8) is 0 Å². The molecule has 3 aromatic rings. The van der Waals surface area contributed by atoms with E-state index in [0.29, 0.717) is 10.8 Å². The van der Waals surface area contributed by atoms with Gasteiger partial charge in [0.15, 0.2) is 17.3 Å². The number of hydrogen-bond acceptors (Lipinski definition) is 10. The molecule has 0 aliphatic rings. The predicted octanol–water partition coefficient (Wildman–Crippen LogP) is 11.2. The van der Waals surface area contributed by atoms with Crippen LogP contribution >= 0.6 is 116 Å². The molecule has 306 valence electrons. The van der Waals surface area contributed by atoms with Crippen molar-refractivity contribution in [3.8, 4) is 23.0 Å². The average Bonchev–Trinajstić information content (AvgIpc) is 3.02. The Labute approximate surface area is 370 Å². The van der Waals surface area contributed by atoms with Crippen LogP contribution in [-0.2, 0) is 0 Å². The van der Waals surface area contributed by atoms with Crippen LogP contribution in [0.15, 0.2) is 89.9 Å². The van der Waals surface area contributed by atoms with Crippen LogP contribution in [0, 0.1) is 6.92 Å². The summed E-state index contributed by atoms with van der Waals surface area (Å²) in [6, 6.07) is 12.8. The molecule has 0 saturated heterocycles. The van der Waals surface area contributed by atoms with Gasteiger partial charge in [0.05, 0.1) is 40.9 Å². The van der Waals surface area contributed by atoms with Crippen molar-refractivity contribution in [1.82, 2.24) is 0 Å². The number of nitrogens with two attached hydrogens (primary N) is 3. The number of ketones is 3. The molecule has 0 bridgehead atoms. The first-order valence-electron chi connectivity index (χ1n) is 13.6. The Balaban J connectivity index is -0.000000718. The van der Waals surface area contributed by atoms with Crippen LogP contribution in [0.25, 0.3) is 0 Å². The molecule has 3 rings (SSSR count). The number of phenols is 3. The Morgan fingerprint density at radius 1 is 0.564 bits per heavy atom. The van der Waals surface area contributed by atoms with Gasteiger partial charge < -0.3 is 37.3 Å². The fourth-order valence-electron chi connectivity index (χ4n) is 3.30. The second kappa shape index (κ2) is 24.2. The van der Waals surface area contributed by atoms with E-state index in [4.69, 9.17) is 138 Å². The Morgan fingerprint density at radius 3 is 1.29 bits per heavy atom. The van der Waals surface area contributed by atoms with Crippen LogP contribution in [0.5, 0.6) is 23.0 Å².